The summed E-state index contributed by atoms with van der Waals surface area (Å²) in [6.07, 6.45) is 0. The molecule has 1 N–H and O–H groups in total. The highest BCUT2D eigenvalue weighted by Crippen LogP contribution is 2.27. The predicted molar refractivity (Wildman–Crippen MR) is 70.7 cm³/mol. The van der Waals surface area contributed by atoms with Gasteiger partial charge in [-0.3, -0.25) is 0 Å². The first kappa shape index (κ1) is 11.9. The quantitative estimate of drug-likeness (QED) is 0.925. The summed E-state index contributed by atoms with van der Waals surface area (Å²) in [5.41, 5.74) is 0.974. The molecule has 1 aromatic carbocycles. The predicted octanol–water partition coefficient (Wildman–Crippen LogP) is 2.76. The van der Waals surface area contributed by atoms with Crippen molar-refractivity contribution >= 4 is 38.6 Å². The van der Waals surface area contributed by atoms with Crippen molar-refractivity contribution < 1.29 is 9.90 Å². The van der Waals surface area contributed by atoms with Crippen molar-refractivity contribution in [1.82, 2.24) is 4.98 Å². The molecule has 0 saturated carbocycles. The highest BCUT2D eigenvalue weighted by molar-refractivity contribution is 9.10. The lowest BCUT2D eigenvalue weighted by Crippen LogP contribution is -2.15. The van der Waals surface area contributed by atoms with Crippen LogP contribution in [0.2, 0.25) is 0 Å². The molecular weight excluding hydrogens is 284 g/mol. The second kappa shape index (κ2) is 4.33. The van der Waals surface area contributed by atoms with Gasteiger partial charge in [0.25, 0.3) is 0 Å². The molecular formula is C12H11BrN2O2. The molecule has 0 bridgehead atoms. The first-order valence-corrected chi connectivity index (χ1v) is 5.80. The van der Waals surface area contributed by atoms with E-state index in [0.29, 0.717) is 5.82 Å². The van der Waals surface area contributed by atoms with Crippen LogP contribution >= 0.6 is 15.9 Å². The Morgan fingerprint density at radius 1 is 1.41 bits per heavy atom. The van der Waals surface area contributed by atoms with Crippen molar-refractivity contribution in [2.45, 2.75) is 0 Å². The molecule has 0 aliphatic carbocycles. The van der Waals surface area contributed by atoms with Crippen LogP contribution in [0.3, 0.4) is 0 Å². The number of para-hydroxylation sites is 1. The number of nitrogens with zero attached hydrogens (tertiary/aromatic N) is 2. The standard InChI is InChI=1S/C12H11BrN2O2/c1-15(2)11-8(12(16)17)6-7-4-3-5-9(13)10(7)14-11/h3-6H,1-2H3,(H,16,17). The Labute approximate surface area is 107 Å². The number of hydrogen-bond acceptors (Lipinski definition) is 3. The molecule has 0 unspecified atom stereocenters. The number of aromatic nitrogens is 1. The normalized spacial score (nSPS) is 10.5. The summed E-state index contributed by atoms with van der Waals surface area (Å²) in [6.45, 7) is 0. The Balaban J connectivity index is 2.82. The van der Waals surface area contributed by atoms with E-state index in [2.05, 4.69) is 20.9 Å². The zero-order chi connectivity index (χ0) is 12.6. The lowest BCUT2D eigenvalue weighted by Gasteiger charge is -2.15. The maximum Gasteiger partial charge on any atom is 0.339 e. The zero-order valence-corrected chi connectivity index (χ0v) is 11.0. The van der Waals surface area contributed by atoms with Crippen LogP contribution in [0, 0.1) is 0 Å². The SMILES string of the molecule is CN(C)c1nc2c(Br)cccc2cc1C(=O)O. The van der Waals surface area contributed by atoms with Crippen LogP contribution in [0.15, 0.2) is 28.7 Å². The van der Waals surface area contributed by atoms with E-state index >= 15 is 0 Å². The van der Waals surface area contributed by atoms with Gasteiger partial charge in [-0.2, -0.15) is 0 Å². The molecule has 0 amide bonds. The highest BCUT2D eigenvalue weighted by Gasteiger charge is 2.15. The summed E-state index contributed by atoms with van der Waals surface area (Å²) in [5.74, 6) is -0.514. The van der Waals surface area contributed by atoms with Crippen LogP contribution in [-0.2, 0) is 0 Å². The van der Waals surface area contributed by atoms with Gasteiger partial charge in [0, 0.05) is 24.0 Å². The molecule has 0 aliphatic rings. The molecule has 2 aromatic rings. The molecule has 4 nitrogen and oxygen atoms in total. The minimum absolute atomic E-state index is 0.209. The van der Waals surface area contributed by atoms with Crippen molar-refractivity contribution in [3.8, 4) is 0 Å². The van der Waals surface area contributed by atoms with Gasteiger partial charge >= 0.3 is 5.97 Å². The van der Waals surface area contributed by atoms with Crippen molar-refractivity contribution in [3.05, 3.63) is 34.3 Å². The largest absolute Gasteiger partial charge is 0.478 e. The number of fused-ring (bicyclic) bond motifs is 1. The van der Waals surface area contributed by atoms with E-state index in [1.165, 1.54) is 0 Å². The first-order chi connectivity index (χ1) is 8.00. The fourth-order valence-electron chi connectivity index (χ4n) is 1.65. The van der Waals surface area contributed by atoms with Crippen molar-refractivity contribution in [2.24, 2.45) is 0 Å². The molecule has 1 aromatic heterocycles. The number of benzene rings is 1. The first-order valence-electron chi connectivity index (χ1n) is 5.00. The molecule has 0 fully saturated rings. The van der Waals surface area contributed by atoms with Crippen LogP contribution < -0.4 is 4.90 Å². The van der Waals surface area contributed by atoms with E-state index in [1.54, 1.807) is 25.1 Å². The molecule has 0 aliphatic heterocycles. The van der Waals surface area contributed by atoms with Gasteiger partial charge in [-0.25, -0.2) is 9.78 Å². The Hall–Kier alpha value is -1.62. The van der Waals surface area contributed by atoms with Crippen LogP contribution in [0.1, 0.15) is 10.4 Å². The van der Waals surface area contributed by atoms with Crippen LogP contribution in [0.25, 0.3) is 10.9 Å². The van der Waals surface area contributed by atoms with Gasteiger partial charge in [-0.05, 0) is 28.1 Å². The number of halogens is 1. The number of hydrogen-bond donors (Lipinski definition) is 1. The van der Waals surface area contributed by atoms with E-state index in [9.17, 15) is 4.79 Å². The fourth-order valence-corrected chi connectivity index (χ4v) is 2.12. The average molecular weight is 295 g/mol. The number of carbonyl (C=O) groups is 1. The maximum atomic E-state index is 11.2. The van der Waals surface area contributed by atoms with Gasteiger partial charge in [0.2, 0.25) is 0 Å². The molecule has 0 saturated heterocycles. The lowest BCUT2D eigenvalue weighted by atomic mass is 10.1. The Bertz CT molecular complexity index is 596. The third-order valence-electron chi connectivity index (χ3n) is 2.43. The van der Waals surface area contributed by atoms with E-state index < -0.39 is 5.97 Å². The fraction of sp³-hybridized carbons (Fsp3) is 0.167. The van der Waals surface area contributed by atoms with E-state index in [-0.39, 0.29) is 5.56 Å². The van der Waals surface area contributed by atoms with Gasteiger partial charge < -0.3 is 10.0 Å². The smallest absolute Gasteiger partial charge is 0.339 e. The van der Waals surface area contributed by atoms with E-state index in [1.807, 2.05) is 18.2 Å². The Morgan fingerprint density at radius 2 is 2.12 bits per heavy atom. The van der Waals surface area contributed by atoms with Crippen molar-refractivity contribution in [1.29, 1.82) is 0 Å². The number of carboxylic acids is 1. The van der Waals surface area contributed by atoms with Gasteiger partial charge in [0.15, 0.2) is 0 Å². The second-order valence-corrected chi connectivity index (χ2v) is 4.73. The minimum atomic E-state index is -0.969. The Morgan fingerprint density at radius 3 is 2.71 bits per heavy atom. The summed E-state index contributed by atoms with van der Waals surface area (Å²) in [4.78, 5) is 17.3. The molecule has 17 heavy (non-hydrogen) atoms. The summed E-state index contributed by atoms with van der Waals surface area (Å²) in [6, 6.07) is 7.23. The number of aromatic carboxylic acids is 1. The van der Waals surface area contributed by atoms with Crippen LogP contribution in [0.5, 0.6) is 0 Å². The van der Waals surface area contributed by atoms with Gasteiger partial charge in [0.1, 0.15) is 11.4 Å². The highest BCUT2D eigenvalue weighted by atomic mass is 79.9. The zero-order valence-electron chi connectivity index (χ0n) is 9.44. The minimum Gasteiger partial charge on any atom is -0.478 e. The van der Waals surface area contributed by atoms with Crippen molar-refractivity contribution in [3.63, 3.8) is 0 Å². The monoisotopic (exact) mass is 294 g/mol. The Kier molecular flexibility index (Phi) is 3.02. The van der Waals surface area contributed by atoms with E-state index in [0.717, 1.165) is 15.4 Å². The van der Waals surface area contributed by atoms with E-state index in [4.69, 9.17) is 5.11 Å². The molecule has 0 radical (unpaired) electrons. The summed E-state index contributed by atoms with van der Waals surface area (Å²) < 4.78 is 0.857. The summed E-state index contributed by atoms with van der Waals surface area (Å²) in [5, 5.41) is 9.97. The number of pyridine rings is 1. The topological polar surface area (TPSA) is 53.4 Å². The number of rotatable bonds is 2. The third kappa shape index (κ3) is 2.10. The third-order valence-corrected chi connectivity index (χ3v) is 3.07. The molecule has 0 atom stereocenters. The molecule has 0 spiro atoms. The molecule has 1 heterocycles. The second-order valence-electron chi connectivity index (χ2n) is 3.87. The summed E-state index contributed by atoms with van der Waals surface area (Å²) >= 11 is 3.41. The van der Waals surface area contributed by atoms with Crippen LogP contribution in [0.4, 0.5) is 5.82 Å². The van der Waals surface area contributed by atoms with Crippen LogP contribution in [-0.4, -0.2) is 30.2 Å². The lowest BCUT2D eigenvalue weighted by molar-refractivity contribution is 0.0697. The maximum absolute atomic E-state index is 11.2. The number of anilines is 1. The average Bonchev–Trinajstić information content (AvgIpc) is 2.27. The molecule has 5 heteroatoms. The van der Waals surface area contributed by atoms with Gasteiger partial charge in [0.05, 0.1) is 5.52 Å². The van der Waals surface area contributed by atoms with Crippen molar-refractivity contribution in [2.75, 3.05) is 19.0 Å². The van der Waals surface area contributed by atoms with Gasteiger partial charge in [-0.15, -0.1) is 0 Å². The molecule has 88 valence electrons. The van der Waals surface area contributed by atoms with Gasteiger partial charge in [-0.1, -0.05) is 12.1 Å². The number of carboxylic acid groups (broad SMARTS) is 1. The summed E-state index contributed by atoms with van der Waals surface area (Å²) in [7, 11) is 3.55. The molecule has 2 rings (SSSR count).